The van der Waals surface area contributed by atoms with E-state index in [9.17, 15) is 14.4 Å². The van der Waals surface area contributed by atoms with Crippen molar-refractivity contribution in [2.45, 2.75) is 26.7 Å². The number of hydrogen-bond acceptors (Lipinski definition) is 6. The first-order valence-corrected chi connectivity index (χ1v) is 9.99. The molecule has 0 fully saturated rings. The van der Waals surface area contributed by atoms with E-state index in [0.717, 1.165) is 4.68 Å². The third kappa shape index (κ3) is 3.93. The van der Waals surface area contributed by atoms with Gasteiger partial charge in [0.05, 0.1) is 17.7 Å². The van der Waals surface area contributed by atoms with Gasteiger partial charge in [0.15, 0.2) is 5.69 Å². The number of rotatable bonds is 6. The molecule has 0 radical (unpaired) electrons. The zero-order valence-corrected chi connectivity index (χ0v) is 16.9. The molecule has 9 heteroatoms. The van der Waals surface area contributed by atoms with Gasteiger partial charge in [0.25, 0.3) is 5.56 Å². The molecule has 0 atom stereocenters. The fourth-order valence-electron chi connectivity index (χ4n) is 2.67. The first-order chi connectivity index (χ1) is 13.5. The number of benzene rings is 1. The molecule has 28 heavy (non-hydrogen) atoms. The van der Waals surface area contributed by atoms with Crippen molar-refractivity contribution >= 4 is 50.6 Å². The Morgan fingerprint density at radius 3 is 2.61 bits per heavy atom. The second-order valence-electron chi connectivity index (χ2n) is 5.91. The van der Waals surface area contributed by atoms with Crippen LogP contribution < -0.4 is 10.9 Å². The number of halogens is 1. The van der Waals surface area contributed by atoms with Crippen LogP contribution in [0.15, 0.2) is 34.4 Å². The van der Waals surface area contributed by atoms with Gasteiger partial charge in [0, 0.05) is 22.2 Å². The van der Waals surface area contributed by atoms with Gasteiger partial charge < -0.3 is 10.1 Å². The van der Waals surface area contributed by atoms with Crippen LogP contribution in [0.4, 0.5) is 5.00 Å². The number of nitrogens with zero attached hydrogens (tertiary/aromatic N) is 2. The Balaban J connectivity index is 2.24. The van der Waals surface area contributed by atoms with Gasteiger partial charge in [-0.15, -0.1) is 11.3 Å². The maximum atomic E-state index is 13.1. The largest absolute Gasteiger partial charge is 0.461 e. The van der Waals surface area contributed by atoms with Crippen molar-refractivity contribution in [3.63, 3.8) is 0 Å². The Morgan fingerprint density at radius 1 is 1.25 bits per heavy atom. The number of nitrogens with one attached hydrogen (secondary N) is 1. The molecule has 1 N–H and O–H groups in total. The minimum absolute atomic E-state index is 0.0126. The van der Waals surface area contributed by atoms with Crippen LogP contribution in [0.3, 0.4) is 0 Å². The molecule has 0 aliphatic carbocycles. The van der Waals surface area contributed by atoms with E-state index in [1.54, 1.807) is 36.6 Å². The lowest BCUT2D eigenvalue weighted by atomic mass is 10.2. The molecule has 146 valence electrons. The topological polar surface area (TPSA) is 90.3 Å². The monoisotopic (exact) mass is 419 g/mol. The van der Waals surface area contributed by atoms with Crippen LogP contribution in [0.25, 0.3) is 16.5 Å². The number of amides is 1. The number of aromatic nitrogens is 2. The molecule has 0 unspecified atom stereocenters. The van der Waals surface area contributed by atoms with Crippen molar-refractivity contribution in [3.05, 3.63) is 50.7 Å². The highest BCUT2D eigenvalue weighted by atomic mass is 35.5. The lowest BCUT2D eigenvalue weighted by molar-refractivity contribution is -0.116. The third-order valence-corrected chi connectivity index (χ3v) is 5.07. The quantitative estimate of drug-likeness (QED) is 0.609. The molecule has 7 nitrogen and oxygen atoms in total. The second kappa shape index (κ2) is 8.53. The molecule has 1 amide bonds. The third-order valence-electron chi connectivity index (χ3n) is 3.92. The van der Waals surface area contributed by atoms with Crippen LogP contribution in [0, 0.1) is 0 Å². The standard InChI is InChI=1S/C19H18ClN3O4S/c1-3-5-14(24)21-17-15-13(10-28-17)16(19(26)27-4-2)22-23(18(15)25)12-8-6-11(20)7-9-12/h6-10H,3-5H2,1-2H3,(H,21,24). The van der Waals surface area contributed by atoms with Crippen LogP contribution in [0.2, 0.25) is 5.02 Å². The summed E-state index contributed by atoms with van der Waals surface area (Å²) < 4.78 is 6.21. The maximum absolute atomic E-state index is 13.1. The highest BCUT2D eigenvalue weighted by Gasteiger charge is 2.23. The minimum Gasteiger partial charge on any atom is -0.461 e. The molecule has 2 heterocycles. The summed E-state index contributed by atoms with van der Waals surface area (Å²) in [5.74, 6) is -0.836. The summed E-state index contributed by atoms with van der Waals surface area (Å²) in [4.78, 5) is 37.6. The number of hydrogen-bond donors (Lipinski definition) is 1. The number of anilines is 1. The summed E-state index contributed by atoms with van der Waals surface area (Å²) in [7, 11) is 0. The lowest BCUT2D eigenvalue weighted by Gasteiger charge is -2.10. The second-order valence-corrected chi connectivity index (χ2v) is 7.23. The minimum atomic E-state index is -0.639. The predicted octanol–water partition coefficient (Wildman–Crippen LogP) is 4.02. The molecule has 1 aromatic carbocycles. The Bertz CT molecular complexity index is 1090. The Kier molecular flexibility index (Phi) is 6.11. The van der Waals surface area contributed by atoms with Crippen molar-refractivity contribution in [1.82, 2.24) is 9.78 Å². The summed E-state index contributed by atoms with van der Waals surface area (Å²) >= 11 is 7.10. The molecule has 0 aliphatic heterocycles. The number of carbonyl (C=O) groups is 2. The van der Waals surface area contributed by atoms with Crippen LogP contribution in [0.5, 0.6) is 0 Å². The maximum Gasteiger partial charge on any atom is 0.359 e. The van der Waals surface area contributed by atoms with E-state index in [-0.39, 0.29) is 23.6 Å². The molecule has 3 aromatic rings. The summed E-state index contributed by atoms with van der Waals surface area (Å²) in [5.41, 5.74) is 0.0101. The van der Waals surface area contributed by atoms with E-state index in [0.29, 0.717) is 33.9 Å². The van der Waals surface area contributed by atoms with Crippen LogP contribution >= 0.6 is 22.9 Å². The van der Waals surface area contributed by atoms with E-state index >= 15 is 0 Å². The highest BCUT2D eigenvalue weighted by Crippen LogP contribution is 2.31. The van der Waals surface area contributed by atoms with Gasteiger partial charge in [-0.25, -0.2) is 4.79 Å². The first-order valence-electron chi connectivity index (χ1n) is 8.73. The van der Waals surface area contributed by atoms with Gasteiger partial charge in [-0.1, -0.05) is 18.5 Å². The summed E-state index contributed by atoms with van der Waals surface area (Å²) in [6, 6.07) is 6.49. The fraction of sp³-hybridized carbons (Fsp3) is 0.263. The van der Waals surface area contributed by atoms with E-state index in [2.05, 4.69) is 10.4 Å². The van der Waals surface area contributed by atoms with Gasteiger partial charge in [-0.2, -0.15) is 9.78 Å². The zero-order chi connectivity index (χ0) is 20.3. The van der Waals surface area contributed by atoms with Crippen molar-refractivity contribution < 1.29 is 14.3 Å². The summed E-state index contributed by atoms with van der Waals surface area (Å²) in [5, 5.41) is 10.1. The number of thiophene rings is 1. The molecule has 3 rings (SSSR count). The van der Waals surface area contributed by atoms with E-state index in [4.69, 9.17) is 16.3 Å². The summed E-state index contributed by atoms with van der Waals surface area (Å²) in [6.07, 6.45) is 1.01. The summed E-state index contributed by atoms with van der Waals surface area (Å²) in [6.45, 7) is 3.75. The average molecular weight is 420 g/mol. The van der Waals surface area contributed by atoms with Crippen molar-refractivity contribution in [3.8, 4) is 5.69 Å². The number of fused-ring (bicyclic) bond motifs is 1. The fourth-order valence-corrected chi connectivity index (χ4v) is 3.74. The Labute approximate surface area is 169 Å². The van der Waals surface area contributed by atoms with Gasteiger partial charge in [-0.3, -0.25) is 9.59 Å². The Morgan fingerprint density at radius 2 is 1.96 bits per heavy atom. The SMILES string of the molecule is CCCC(=O)Nc1scc2c(C(=O)OCC)nn(-c3ccc(Cl)cc3)c(=O)c12. The van der Waals surface area contributed by atoms with Gasteiger partial charge in [-0.05, 0) is 37.6 Å². The normalized spacial score (nSPS) is 10.8. The number of ether oxygens (including phenoxy) is 1. The zero-order valence-electron chi connectivity index (χ0n) is 15.3. The molecular formula is C19H18ClN3O4S. The molecule has 2 aromatic heterocycles. The van der Waals surface area contributed by atoms with E-state index in [1.165, 1.54) is 11.3 Å². The van der Waals surface area contributed by atoms with E-state index < -0.39 is 11.5 Å². The van der Waals surface area contributed by atoms with Crippen LogP contribution in [-0.2, 0) is 9.53 Å². The number of esters is 1. The van der Waals surface area contributed by atoms with Gasteiger partial charge in [0.2, 0.25) is 5.91 Å². The van der Waals surface area contributed by atoms with Crippen molar-refractivity contribution in [2.24, 2.45) is 0 Å². The van der Waals surface area contributed by atoms with Gasteiger partial charge >= 0.3 is 5.97 Å². The van der Waals surface area contributed by atoms with Crippen LogP contribution in [-0.4, -0.2) is 28.3 Å². The highest BCUT2D eigenvalue weighted by molar-refractivity contribution is 7.16. The number of carbonyl (C=O) groups excluding carboxylic acids is 2. The molecule has 0 spiro atoms. The van der Waals surface area contributed by atoms with Crippen molar-refractivity contribution in [2.75, 3.05) is 11.9 Å². The average Bonchev–Trinajstić information content (AvgIpc) is 3.07. The molecule has 0 bridgehead atoms. The van der Waals surface area contributed by atoms with Gasteiger partial charge in [0.1, 0.15) is 5.00 Å². The van der Waals surface area contributed by atoms with Crippen molar-refractivity contribution in [1.29, 1.82) is 0 Å². The molecular weight excluding hydrogens is 402 g/mol. The molecule has 0 saturated carbocycles. The smallest absolute Gasteiger partial charge is 0.359 e. The van der Waals surface area contributed by atoms with Crippen LogP contribution in [0.1, 0.15) is 37.2 Å². The lowest BCUT2D eigenvalue weighted by Crippen LogP contribution is -2.25. The Hall–Kier alpha value is -2.71. The first kappa shape index (κ1) is 20.0. The molecule has 0 saturated heterocycles. The predicted molar refractivity (Wildman–Crippen MR) is 110 cm³/mol. The molecule has 0 aliphatic rings. The van der Waals surface area contributed by atoms with E-state index in [1.807, 2.05) is 6.92 Å².